The minimum Gasteiger partial charge on any atom is -0.373 e. The summed E-state index contributed by atoms with van der Waals surface area (Å²) in [5, 5.41) is 3.46. The van der Waals surface area contributed by atoms with Crippen LogP contribution in [-0.2, 0) is 11.0 Å². The molecule has 4 rings (SSSR count). The lowest BCUT2D eigenvalue weighted by molar-refractivity contribution is -0.137. The Balaban J connectivity index is 1.77. The molecule has 1 aromatic carbocycles. The van der Waals surface area contributed by atoms with E-state index in [9.17, 15) is 18.0 Å². The first kappa shape index (κ1) is 22.8. The molecule has 1 N–H and O–H groups in total. The Morgan fingerprint density at radius 1 is 1.18 bits per heavy atom. The van der Waals surface area contributed by atoms with Crippen LogP contribution in [0.25, 0.3) is 22.2 Å². The molecule has 33 heavy (non-hydrogen) atoms. The summed E-state index contributed by atoms with van der Waals surface area (Å²) < 4.78 is 41.0. The van der Waals surface area contributed by atoms with E-state index < -0.39 is 11.7 Å². The van der Waals surface area contributed by atoms with Gasteiger partial charge in [0, 0.05) is 44.2 Å². The quantitative estimate of drug-likeness (QED) is 0.568. The number of anilines is 2. The lowest BCUT2D eigenvalue weighted by Gasteiger charge is -2.35. The number of hydrogen-bond donors (Lipinski definition) is 1. The van der Waals surface area contributed by atoms with E-state index in [4.69, 9.17) is 11.6 Å². The van der Waals surface area contributed by atoms with Crippen molar-refractivity contribution in [2.24, 2.45) is 0 Å². The zero-order valence-corrected chi connectivity index (χ0v) is 18.4. The van der Waals surface area contributed by atoms with Gasteiger partial charge >= 0.3 is 6.18 Å². The normalized spacial score (nSPS) is 14.5. The fourth-order valence-corrected chi connectivity index (χ4v) is 4.05. The largest absolute Gasteiger partial charge is 0.418 e. The van der Waals surface area contributed by atoms with Crippen molar-refractivity contribution in [3.05, 3.63) is 53.8 Å². The van der Waals surface area contributed by atoms with Gasteiger partial charge in [0.25, 0.3) is 0 Å². The van der Waals surface area contributed by atoms with Gasteiger partial charge in [-0.1, -0.05) is 18.2 Å². The van der Waals surface area contributed by atoms with E-state index in [2.05, 4.69) is 26.8 Å². The predicted octanol–water partition coefficient (Wildman–Crippen LogP) is 4.24. The predicted molar refractivity (Wildman–Crippen MR) is 121 cm³/mol. The molecule has 1 amide bonds. The Hall–Kier alpha value is -3.40. The van der Waals surface area contributed by atoms with Crippen molar-refractivity contribution in [3.8, 4) is 11.3 Å². The van der Waals surface area contributed by atoms with Crippen molar-refractivity contribution < 1.29 is 18.0 Å². The van der Waals surface area contributed by atoms with Crippen LogP contribution in [0.1, 0.15) is 5.56 Å². The van der Waals surface area contributed by atoms with E-state index in [-0.39, 0.29) is 28.0 Å². The number of aromatic nitrogens is 3. The Kier molecular flexibility index (Phi) is 6.11. The summed E-state index contributed by atoms with van der Waals surface area (Å²) in [4.78, 5) is 28.3. The van der Waals surface area contributed by atoms with Crippen molar-refractivity contribution in [1.82, 2.24) is 19.9 Å². The van der Waals surface area contributed by atoms with Gasteiger partial charge in [-0.25, -0.2) is 15.0 Å². The van der Waals surface area contributed by atoms with Crippen molar-refractivity contribution >= 4 is 40.0 Å². The number of nitrogens with zero attached hydrogens (tertiary/aromatic N) is 5. The molecule has 11 heteroatoms. The van der Waals surface area contributed by atoms with E-state index in [0.29, 0.717) is 42.9 Å². The lowest BCUT2D eigenvalue weighted by atomic mass is 10.0. The number of carbonyl (C=O) groups is 1. The molecule has 0 radical (unpaired) electrons. The monoisotopic (exact) mass is 476 g/mol. The zero-order valence-electron chi connectivity index (χ0n) is 17.7. The summed E-state index contributed by atoms with van der Waals surface area (Å²) in [5.74, 6) is 0.753. The summed E-state index contributed by atoms with van der Waals surface area (Å²) in [6, 6.07) is 5.30. The topological polar surface area (TPSA) is 74.2 Å². The molecule has 3 aromatic rings. The van der Waals surface area contributed by atoms with Gasteiger partial charge in [-0.3, -0.25) is 4.79 Å². The fourth-order valence-electron chi connectivity index (χ4n) is 3.80. The molecule has 0 atom stereocenters. The van der Waals surface area contributed by atoms with Gasteiger partial charge in [-0.2, -0.15) is 13.2 Å². The Morgan fingerprint density at radius 2 is 1.91 bits per heavy atom. The number of hydrogen-bond acceptors (Lipinski definition) is 6. The first-order valence-corrected chi connectivity index (χ1v) is 10.5. The number of amides is 1. The van der Waals surface area contributed by atoms with Gasteiger partial charge in [-0.05, 0) is 30.3 Å². The number of rotatable bonds is 4. The highest BCUT2D eigenvalue weighted by atomic mass is 35.5. The molecule has 0 spiro atoms. The average Bonchev–Trinajstić information content (AvgIpc) is 2.82. The standard InChI is InChI=1S/C22H20ClF3N6O/c1-3-19(33)31-6-8-32(9-7-31)21-14-10-16(23)13(11-17(14)28-12-29-21)20-15(22(24,25)26)4-5-18(27-2)30-20/h3-5,10-12H,1,6-9H2,2H3,(H,27,30). The third-order valence-corrected chi connectivity index (χ3v) is 5.79. The second-order valence-corrected chi connectivity index (χ2v) is 7.81. The summed E-state index contributed by atoms with van der Waals surface area (Å²) in [6.07, 6.45) is -1.96. The number of pyridine rings is 1. The second-order valence-electron chi connectivity index (χ2n) is 7.40. The van der Waals surface area contributed by atoms with Gasteiger partial charge in [0.1, 0.15) is 18.0 Å². The first-order valence-electron chi connectivity index (χ1n) is 10.1. The van der Waals surface area contributed by atoms with Gasteiger partial charge in [0.05, 0.1) is 21.8 Å². The maximum absolute atomic E-state index is 13.7. The Labute approximate surface area is 192 Å². The molecule has 0 aliphatic carbocycles. The third-order valence-electron chi connectivity index (χ3n) is 5.48. The number of benzene rings is 1. The average molecular weight is 477 g/mol. The van der Waals surface area contributed by atoms with Crippen LogP contribution in [0.5, 0.6) is 0 Å². The molecular formula is C22H20ClF3N6O. The van der Waals surface area contributed by atoms with Crippen molar-refractivity contribution in [2.75, 3.05) is 43.4 Å². The van der Waals surface area contributed by atoms with Crippen LogP contribution in [-0.4, -0.2) is 59.0 Å². The Bertz CT molecular complexity index is 1220. The van der Waals surface area contributed by atoms with Crippen molar-refractivity contribution in [1.29, 1.82) is 0 Å². The third kappa shape index (κ3) is 4.43. The molecule has 3 heterocycles. The second kappa shape index (κ2) is 8.86. The van der Waals surface area contributed by atoms with Crippen LogP contribution >= 0.6 is 11.6 Å². The van der Waals surface area contributed by atoms with E-state index in [1.807, 2.05) is 4.90 Å². The van der Waals surface area contributed by atoms with E-state index in [1.54, 1.807) is 18.0 Å². The summed E-state index contributed by atoms with van der Waals surface area (Å²) in [6.45, 7) is 5.58. The molecule has 0 bridgehead atoms. The summed E-state index contributed by atoms with van der Waals surface area (Å²) in [7, 11) is 1.57. The highest BCUT2D eigenvalue weighted by molar-refractivity contribution is 6.34. The molecule has 172 valence electrons. The van der Waals surface area contributed by atoms with Crippen LogP contribution in [0.4, 0.5) is 24.8 Å². The highest BCUT2D eigenvalue weighted by Crippen LogP contribution is 2.41. The number of carbonyl (C=O) groups excluding carboxylic acids is 1. The van der Waals surface area contributed by atoms with Crippen LogP contribution in [0, 0.1) is 0 Å². The van der Waals surface area contributed by atoms with E-state index >= 15 is 0 Å². The molecule has 1 fully saturated rings. The molecule has 2 aromatic heterocycles. The number of alkyl halides is 3. The minimum atomic E-state index is -4.60. The van der Waals surface area contributed by atoms with Crippen LogP contribution in [0.3, 0.4) is 0 Å². The molecule has 0 saturated carbocycles. The number of piperazine rings is 1. The Morgan fingerprint density at radius 3 is 2.55 bits per heavy atom. The molecular weight excluding hydrogens is 457 g/mol. The summed E-state index contributed by atoms with van der Waals surface area (Å²) >= 11 is 6.48. The number of halogens is 4. The van der Waals surface area contributed by atoms with E-state index in [1.165, 1.54) is 24.5 Å². The van der Waals surface area contributed by atoms with Gasteiger partial charge in [0.2, 0.25) is 5.91 Å². The van der Waals surface area contributed by atoms with Gasteiger partial charge < -0.3 is 15.1 Å². The van der Waals surface area contributed by atoms with Crippen molar-refractivity contribution in [2.45, 2.75) is 6.18 Å². The fraction of sp³-hybridized carbons (Fsp3) is 0.273. The smallest absolute Gasteiger partial charge is 0.373 e. The lowest BCUT2D eigenvalue weighted by Crippen LogP contribution is -2.48. The van der Waals surface area contributed by atoms with E-state index in [0.717, 1.165) is 6.07 Å². The highest BCUT2D eigenvalue weighted by Gasteiger charge is 2.35. The van der Waals surface area contributed by atoms with Crippen LogP contribution in [0.15, 0.2) is 43.2 Å². The van der Waals surface area contributed by atoms with Gasteiger partial charge in [0.15, 0.2) is 0 Å². The summed E-state index contributed by atoms with van der Waals surface area (Å²) in [5.41, 5.74) is -0.605. The maximum Gasteiger partial charge on any atom is 0.418 e. The molecule has 7 nitrogen and oxygen atoms in total. The molecule has 1 saturated heterocycles. The first-order chi connectivity index (χ1) is 15.7. The number of nitrogens with one attached hydrogen (secondary N) is 1. The van der Waals surface area contributed by atoms with Crippen LogP contribution in [0.2, 0.25) is 5.02 Å². The number of fused-ring (bicyclic) bond motifs is 1. The maximum atomic E-state index is 13.7. The van der Waals surface area contributed by atoms with Gasteiger partial charge in [-0.15, -0.1) is 0 Å². The van der Waals surface area contributed by atoms with Crippen LogP contribution < -0.4 is 10.2 Å². The zero-order chi connectivity index (χ0) is 23.8. The molecule has 0 unspecified atom stereocenters. The minimum absolute atomic E-state index is 0.102. The molecule has 1 aliphatic heterocycles. The van der Waals surface area contributed by atoms with Crippen molar-refractivity contribution in [3.63, 3.8) is 0 Å². The SMILES string of the molecule is C=CC(=O)N1CCN(c2ncnc3cc(-c4nc(NC)ccc4C(F)(F)F)c(Cl)cc23)CC1. The molecule has 1 aliphatic rings.